The Morgan fingerprint density at radius 2 is 1.41 bits per heavy atom. The Bertz CT molecular complexity index is 1730. The molecule has 1 unspecified atom stereocenters. The van der Waals surface area contributed by atoms with E-state index >= 15 is 0 Å². The number of benzene rings is 4. The van der Waals surface area contributed by atoms with Gasteiger partial charge >= 0.3 is 0 Å². The Kier molecular flexibility index (Phi) is 5.96. The number of hydrogen-bond donors (Lipinski definition) is 0. The molecule has 4 aromatic carbocycles. The standard InChI is InChI=1S/C41H40/c1-29-20-22-31(23-21-29)41(30-14-6-5-7-15-30)27-24-34-36(28-41)32-16-8-9-17-33(32)38-35-18-10-11-19-37(35)40(39(34)38)25-12-3-2-4-13-26-40/h6,8-11,14-24,27H,2-5,7,12-13,25-26,28H2,1H3. The molecule has 0 amide bonds. The van der Waals surface area contributed by atoms with Crippen molar-refractivity contribution in [3.8, 4) is 11.1 Å². The van der Waals surface area contributed by atoms with Crippen molar-refractivity contribution in [2.24, 2.45) is 0 Å². The minimum Gasteiger partial charge on any atom is -0.0839 e. The van der Waals surface area contributed by atoms with Crippen LogP contribution in [0.2, 0.25) is 0 Å². The molecule has 0 aliphatic heterocycles. The number of rotatable bonds is 2. The van der Waals surface area contributed by atoms with Crippen molar-refractivity contribution < 1.29 is 0 Å². The minimum absolute atomic E-state index is 0.124. The largest absolute Gasteiger partial charge is 0.0839 e. The highest BCUT2D eigenvalue weighted by molar-refractivity contribution is 6.07. The highest BCUT2D eigenvalue weighted by Crippen LogP contribution is 2.60. The summed E-state index contributed by atoms with van der Waals surface area (Å²) in [5.74, 6) is 0. The number of allylic oxidation sites excluding steroid dienone is 5. The fourth-order valence-corrected chi connectivity index (χ4v) is 8.88. The molecule has 4 aliphatic rings. The summed E-state index contributed by atoms with van der Waals surface area (Å²) in [6.07, 6.45) is 25.1. The summed E-state index contributed by atoms with van der Waals surface area (Å²) < 4.78 is 0. The van der Waals surface area contributed by atoms with Gasteiger partial charge < -0.3 is 0 Å². The van der Waals surface area contributed by atoms with Gasteiger partial charge in [0, 0.05) is 10.8 Å². The maximum absolute atomic E-state index is 2.59. The van der Waals surface area contributed by atoms with Gasteiger partial charge in [0.05, 0.1) is 0 Å². The fraction of sp³-hybridized carbons (Fsp3) is 0.317. The predicted octanol–water partition coefficient (Wildman–Crippen LogP) is 10.9. The van der Waals surface area contributed by atoms with E-state index < -0.39 is 0 Å². The van der Waals surface area contributed by atoms with Crippen molar-refractivity contribution in [1.82, 2.24) is 0 Å². The van der Waals surface area contributed by atoms with E-state index in [4.69, 9.17) is 0 Å². The molecule has 4 aliphatic carbocycles. The van der Waals surface area contributed by atoms with Crippen molar-refractivity contribution in [2.75, 3.05) is 0 Å². The molecule has 1 spiro atoms. The lowest BCUT2D eigenvalue weighted by atomic mass is 9.62. The molecule has 0 nitrogen and oxygen atoms in total. The van der Waals surface area contributed by atoms with Crippen LogP contribution in [0.4, 0.5) is 0 Å². The van der Waals surface area contributed by atoms with Gasteiger partial charge in [-0.05, 0) is 94.3 Å². The zero-order chi connectivity index (χ0) is 27.4. The molecule has 1 saturated carbocycles. The number of hydrogen-bond acceptors (Lipinski definition) is 0. The molecule has 0 saturated heterocycles. The van der Waals surface area contributed by atoms with Crippen molar-refractivity contribution in [1.29, 1.82) is 0 Å². The van der Waals surface area contributed by atoms with Crippen LogP contribution in [0.3, 0.4) is 0 Å². The molecule has 41 heavy (non-hydrogen) atoms. The van der Waals surface area contributed by atoms with E-state index in [9.17, 15) is 0 Å². The van der Waals surface area contributed by atoms with E-state index in [1.165, 1.54) is 89.1 Å². The molecule has 0 N–H and O–H groups in total. The summed E-state index contributed by atoms with van der Waals surface area (Å²) >= 11 is 0. The normalized spacial score (nSPS) is 22.5. The Balaban J connectivity index is 1.43. The lowest BCUT2D eigenvalue weighted by molar-refractivity contribution is 0.372. The summed E-state index contributed by atoms with van der Waals surface area (Å²) in [5, 5.41) is 2.90. The third-order valence-corrected chi connectivity index (χ3v) is 10.8. The molecule has 4 aromatic rings. The summed E-state index contributed by atoms with van der Waals surface area (Å²) in [4.78, 5) is 0. The Hall–Kier alpha value is -3.64. The van der Waals surface area contributed by atoms with Gasteiger partial charge in [-0.1, -0.05) is 141 Å². The van der Waals surface area contributed by atoms with Gasteiger partial charge in [0.1, 0.15) is 0 Å². The molecule has 0 heterocycles. The zero-order valence-corrected chi connectivity index (χ0v) is 24.4. The monoisotopic (exact) mass is 532 g/mol. The lowest BCUT2D eigenvalue weighted by Crippen LogP contribution is -2.33. The van der Waals surface area contributed by atoms with Crippen LogP contribution < -0.4 is 0 Å². The summed E-state index contributed by atoms with van der Waals surface area (Å²) in [6, 6.07) is 28.2. The van der Waals surface area contributed by atoms with Gasteiger partial charge in [0.25, 0.3) is 0 Å². The molecule has 0 aromatic heterocycles. The van der Waals surface area contributed by atoms with E-state index in [0.717, 1.165) is 19.3 Å². The third-order valence-electron chi connectivity index (χ3n) is 10.8. The Morgan fingerprint density at radius 1 is 0.683 bits per heavy atom. The average Bonchev–Trinajstić information content (AvgIpc) is 3.30. The van der Waals surface area contributed by atoms with E-state index in [0.29, 0.717) is 0 Å². The van der Waals surface area contributed by atoms with E-state index in [1.54, 1.807) is 16.7 Å². The van der Waals surface area contributed by atoms with Gasteiger partial charge in [-0.15, -0.1) is 0 Å². The highest BCUT2D eigenvalue weighted by atomic mass is 14.5. The average molecular weight is 533 g/mol. The topological polar surface area (TPSA) is 0 Å². The van der Waals surface area contributed by atoms with Gasteiger partial charge in [0.15, 0.2) is 0 Å². The smallest absolute Gasteiger partial charge is 0.0422 e. The van der Waals surface area contributed by atoms with Crippen LogP contribution in [0.5, 0.6) is 0 Å². The van der Waals surface area contributed by atoms with E-state index in [-0.39, 0.29) is 10.8 Å². The SMILES string of the molecule is Cc1ccc(C2(C3=CCCC=C3)C=Cc3c4c(c5ccccc5c3C2)-c2ccccc2C42CCCCCCC2)cc1. The number of aryl methyl sites for hydroxylation is 1. The van der Waals surface area contributed by atoms with Crippen LogP contribution in [0.1, 0.15) is 91.2 Å². The van der Waals surface area contributed by atoms with Crippen LogP contribution >= 0.6 is 0 Å². The van der Waals surface area contributed by atoms with Crippen LogP contribution in [0, 0.1) is 6.92 Å². The quantitative estimate of drug-likeness (QED) is 0.241. The second-order valence-corrected chi connectivity index (χ2v) is 13.1. The lowest BCUT2D eigenvalue weighted by Gasteiger charge is -2.41. The second-order valence-electron chi connectivity index (χ2n) is 13.1. The molecular formula is C41H40. The highest BCUT2D eigenvalue weighted by Gasteiger charge is 2.47. The zero-order valence-electron chi connectivity index (χ0n) is 24.4. The van der Waals surface area contributed by atoms with Gasteiger partial charge in [-0.3, -0.25) is 0 Å². The molecule has 0 heteroatoms. The first-order valence-electron chi connectivity index (χ1n) is 16.0. The molecule has 204 valence electrons. The minimum atomic E-state index is -0.145. The molecule has 0 bridgehead atoms. The second kappa shape index (κ2) is 9.73. The molecule has 1 fully saturated rings. The van der Waals surface area contributed by atoms with Crippen LogP contribution in [0.15, 0.2) is 103 Å². The first-order chi connectivity index (χ1) is 20.2. The van der Waals surface area contributed by atoms with Crippen molar-refractivity contribution in [2.45, 2.75) is 82.0 Å². The van der Waals surface area contributed by atoms with E-state index in [2.05, 4.69) is 110 Å². The van der Waals surface area contributed by atoms with Gasteiger partial charge in [-0.25, -0.2) is 0 Å². The van der Waals surface area contributed by atoms with E-state index in [1.807, 2.05) is 0 Å². The Labute approximate surface area is 245 Å². The van der Waals surface area contributed by atoms with Crippen molar-refractivity contribution >= 4 is 16.8 Å². The van der Waals surface area contributed by atoms with Crippen LogP contribution in [0.25, 0.3) is 28.0 Å². The van der Waals surface area contributed by atoms with Crippen LogP contribution in [-0.2, 0) is 17.3 Å². The fourth-order valence-electron chi connectivity index (χ4n) is 8.88. The van der Waals surface area contributed by atoms with Crippen molar-refractivity contribution in [3.05, 3.63) is 136 Å². The molecule has 8 rings (SSSR count). The van der Waals surface area contributed by atoms with Crippen LogP contribution in [-0.4, -0.2) is 0 Å². The first-order valence-corrected chi connectivity index (χ1v) is 16.0. The first kappa shape index (κ1) is 25.1. The maximum Gasteiger partial charge on any atom is 0.0422 e. The predicted molar refractivity (Wildman–Crippen MR) is 175 cm³/mol. The summed E-state index contributed by atoms with van der Waals surface area (Å²) in [6.45, 7) is 2.20. The third kappa shape index (κ3) is 3.72. The van der Waals surface area contributed by atoms with Gasteiger partial charge in [0.2, 0.25) is 0 Å². The van der Waals surface area contributed by atoms with Crippen molar-refractivity contribution in [3.63, 3.8) is 0 Å². The maximum atomic E-state index is 2.59. The Morgan fingerprint density at radius 3 is 2.20 bits per heavy atom. The number of fused-ring (bicyclic) bond motifs is 10. The van der Waals surface area contributed by atoms with Gasteiger partial charge in [-0.2, -0.15) is 0 Å². The molecular weight excluding hydrogens is 492 g/mol. The molecule has 1 atom stereocenters. The summed E-state index contributed by atoms with van der Waals surface area (Å²) in [7, 11) is 0. The molecule has 0 radical (unpaired) electrons. The summed E-state index contributed by atoms with van der Waals surface area (Å²) in [5.41, 5.74) is 13.5.